The summed E-state index contributed by atoms with van der Waals surface area (Å²) in [6.07, 6.45) is 2.78. The highest BCUT2D eigenvalue weighted by Gasteiger charge is 1.96. The van der Waals surface area contributed by atoms with E-state index in [-0.39, 0.29) is 0 Å². The van der Waals surface area contributed by atoms with Gasteiger partial charge in [-0.25, -0.2) is 4.79 Å². The molecule has 0 spiro atoms. The van der Waals surface area contributed by atoms with Gasteiger partial charge < -0.3 is 15.6 Å². The number of rotatable bonds is 3. The van der Waals surface area contributed by atoms with E-state index in [0.29, 0.717) is 6.54 Å². The van der Waals surface area contributed by atoms with Crippen LogP contribution in [-0.2, 0) is 13.5 Å². The highest BCUT2D eigenvalue weighted by Crippen LogP contribution is 1.98. The molecule has 3 N–H and O–H groups in total. The van der Waals surface area contributed by atoms with Gasteiger partial charge in [-0.2, -0.15) is 0 Å². The van der Waals surface area contributed by atoms with Crippen LogP contribution in [0.2, 0.25) is 0 Å². The molecule has 0 unspecified atom stereocenters. The summed E-state index contributed by atoms with van der Waals surface area (Å²) in [6.45, 7) is 0.590. The lowest BCUT2D eigenvalue weighted by atomic mass is 10.3. The highest BCUT2D eigenvalue weighted by molar-refractivity contribution is 5.71. The molecule has 4 nitrogen and oxygen atoms in total. The van der Waals surface area contributed by atoms with Gasteiger partial charge >= 0.3 is 6.03 Å². The molecule has 1 heterocycles. The van der Waals surface area contributed by atoms with E-state index >= 15 is 0 Å². The Bertz CT molecular complexity index is 267. The number of amides is 2. The van der Waals surface area contributed by atoms with Crippen LogP contribution < -0.4 is 11.1 Å². The predicted octanol–water partition coefficient (Wildman–Crippen LogP) is 0.236. The van der Waals surface area contributed by atoms with Crippen LogP contribution in [0.4, 0.5) is 4.79 Å². The summed E-state index contributed by atoms with van der Waals surface area (Å²) < 4.78 is 2.02. The summed E-state index contributed by atoms with van der Waals surface area (Å²) in [7, 11) is 1.97. The van der Waals surface area contributed by atoms with Crippen molar-refractivity contribution in [2.75, 3.05) is 6.54 Å². The largest absolute Gasteiger partial charge is 0.354 e. The lowest BCUT2D eigenvalue weighted by Crippen LogP contribution is -2.31. The number of nitrogens with two attached hydrogens (primary N) is 1. The summed E-state index contributed by atoms with van der Waals surface area (Å²) >= 11 is 0. The van der Waals surface area contributed by atoms with Crippen molar-refractivity contribution in [1.82, 2.24) is 9.88 Å². The Morgan fingerprint density at radius 3 is 3.00 bits per heavy atom. The lowest BCUT2D eigenvalue weighted by Gasteiger charge is -2.02. The standard InChI is InChI=1S/C8H13N3O/c1-11-6-2-3-7(11)4-5-10-8(9)12/h2-3,6H,4-5H2,1H3,(H3,9,10,12). The van der Waals surface area contributed by atoms with Crippen LogP contribution in [0.25, 0.3) is 0 Å². The van der Waals surface area contributed by atoms with Gasteiger partial charge in [0, 0.05) is 31.9 Å². The van der Waals surface area contributed by atoms with Crippen molar-refractivity contribution in [3.8, 4) is 0 Å². The molecule has 12 heavy (non-hydrogen) atoms. The molecule has 2 amide bonds. The lowest BCUT2D eigenvalue weighted by molar-refractivity contribution is 0.249. The van der Waals surface area contributed by atoms with E-state index < -0.39 is 6.03 Å². The molecule has 0 atom stereocenters. The minimum atomic E-state index is -0.468. The molecule has 0 fully saturated rings. The zero-order valence-electron chi connectivity index (χ0n) is 7.08. The van der Waals surface area contributed by atoms with Crippen molar-refractivity contribution >= 4 is 6.03 Å². The Morgan fingerprint density at radius 1 is 1.75 bits per heavy atom. The maximum atomic E-state index is 10.3. The Labute approximate surface area is 71.4 Å². The monoisotopic (exact) mass is 167 g/mol. The fraction of sp³-hybridized carbons (Fsp3) is 0.375. The van der Waals surface area contributed by atoms with Crippen LogP contribution in [0, 0.1) is 0 Å². The van der Waals surface area contributed by atoms with Crippen molar-refractivity contribution < 1.29 is 4.79 Å². The molecule has 66 valence electrons. The van der Waals surface area contributed by atoms with Gasteiger partial charge in [0.2, 0.25) is 0 Å². The number of carbonyl (C=O) groups is 1. The fourth-order valence-electron chi connectivity index (χ4n) is 1.07. The Morgan fingerprint density at radius 2 is 2.50 bits per heavy atom. The van der Waals surface area contributed by atoms with E-state index in [2.05, 4.69) is 5.32 Å². The fourth-order valence-corrected chi connectivity index (χ4v) is 1.07. The highest BCUT2D eigenvalue weighted by atomic mass is 16.2. The first kappa shape index (κ1) is 8.64. The number of aryl methyl sites for hydroxylation is 1. The third-order valence-corrected chi connectivity index (χ3v) is 1.73. The minimum absolute atomic E-state index is 0.468. The normalized spacial score (nSPS) is 9.75. The smallest absolute Gasteiger partial charge is 0.312 e. The summed E-state index contributed by atoms with van der Waals surface area (Å²) in [5.74, 6) is 0. The van der Waals surface area contributed by atoms with Crippen LogP contribution in [0.15, 0.2) is 18.3 Å². The second kappa shape index (κ2) is 3.80. The third-order valence-electron chi connectivity index (χ3n) is 1.73. The summed E-state index contributed by atoms with van der Waals surface area (Å²) in [5, 5.41) is 2.54. The van der Waals surface area contributed by atoms with Gasteiger partial charge in [0.15, 0.2) is 0 Å². The molecule has 1 rings (SSSR count). The molecule has 4 heteroatoms. The first-order valence-electron chi connectivity index (χ1n) is 3.83. The molecule has 1 aromatic rings. The number of urea groups is 1. The molecule has 0 bridgehead atoms. The molecule has 0 saturated heterocycles. The van der Waals surface area contributed by atoms with Gasteiger partial charge in [0.25, 0.3) is 0 Å². The second-order valence-corrected chi connectivity index (χ2v) is 2.65. The van der Waals surface area contributed by atoms with Crippen LogP contribution in [0.5, 0.6) is 0 Å². The van der Waals surface area contributed by atoms with Gasteiger partial charge in [0.05, 0.1) is 0 Å². The molecule has 0 radical (unpaired) electrons. The van der Waals surface area contributed by atoms with E-state index in [9.17, 15) is 4.79 Å². The van der Waals surface area contributed by atoms with Crippen LogP contribution in [0.3, 0.4) is 0 Å². The first-order valence-corrected chi connectivity index (χ1v) is 3.83. The van der Waals surface area contributed by atoms with Crippen molar-refractivity contribution in [3.63, 3.8) is 0 Å². The molecule has 0 saturated carbocycles. The number of primary amides is 1. The third kappa shape index (κ3) is 2.30. The Hall–Kier alpha value is -1.45. The maximum Gasteiger partial charge on any atom is 0.312 e. The molecule has 0 aliphatic rings. The Kier molecular flexibility index (Phi) is 2.74. The summed E-state index contributed by atoms with van der Waals surface area (Å²) in [6, 6.07) is 3.52. The van der Waals surface area contributed by atoms with Gasteiger partial charge in [-0.1, -0.05) is 0 Å². The number of hydrogen-bond donors (Lipinski definition) is 2. The maximum absolute atomic E-state index is 10.3. The van der Waals surface area contributed by atoms with Gasteiger partial charge in [-0.15, -0.1) is 0 Å². The average Bonchev–Trinajstić information content (AvgIpc) is 2.36. The molecule has 0 aliphatic carbocycles. The average molecular weight is 167 g/mol. The quantitative estimate of drug-likeness (QED) is 0.665. The van der Waals surface area contributed by atoms with Crippen LogP contribution in [0.1, 0.15) is 5.69 Å². The number of aromatic nitrogens is 1. The first-order chi connectivity index (χ1) is 5.70. The number of hydrogen-bond acceptors (Lipinski definition) is 1. The summed E-state index contributed by atoms with van der Waals surface area (Å²) in [5.41, 5.74) is 6.10. The van der Waals surface area contributed by atoms with Gasteiger partial charge in [0.1, 0.15) is 0 Å². The van der Waals surface area contributed by atoms with E-state index in [0.717, 1.165) is 6.42 Å². The van der Waals surface area contributed by atoms with Crippen molar-refractivity contribution in [3.05, 3.63) is 24.0 Å². The minimum Gasteiger partial charge on any atom is -0.354 e. The van der Waals surface area contributed by atoms with Crippen LogP contribution >= 0.6 is 0 Å². The second-order valence-electron chi connectivity index (χ2n) is 2.65. The molecule has 0 aromatic carbocycles. The zero-order valence-corrected chi connectivity index (χ0v) is 7.08. The predicted molar refractivity (Wildman–Crippen MR) is 46.7 cm³/mol. The topological polar surface area (TPSA) is 60.1 Å². The zero-order chi connectivity index (χ0) is 8.97. The van der Waals surface area contributed by atoms with Gasteiger partial charge in [-0.05, 0) is 12.1 Å². The molecular weight excluding hydrogens is 154 g/mol. The van der Waals surface area contributed by atoms with E-state index in [1.165, 1.54) is 5.69 Å². The number of nitrogens with one attached hydrogen (secondary N) is 1. The van der Waals surface area contributed by atoms with Crippen LogP contribution in [-0.4, -0.2) is 17.1 Å². The van der Waals surface area contributed by atoms with E-state index in [1.807, 2.05) is 29.9 Å². The van der Waals surface area contributed by atoms with E-state index in [1.54, 1.807) is 0 Å². The van der Waals surface area contributed by atoms with Gasteiger partial charge in [-0.3, -0.25) is 0 Å². The molecule has 0 aliphatic heterocycles. The van der Waals surface area contributed by atoms with Crippen molar-refractivity contribution in [2.24, 2.45) is 12.8 Å². The Balaban J connectivity index is 2.33. The molecular formula is C8H13N3O. The van der Waals surface area contributed by atoms with Crippen molar-refractivity contribution in [1.29, 1.82) is 0 Å². The number of nitrogens with zero attached hydrogens (tertiary/aromatic N) is 1. The number of carbonyl (C=O) groups excluding carboxylic acids is 1. The SMILES string of the molecule is Cn1cccc1CCNC(N)=O. The summed E-state index contributed by atoms with van der Waals surface area (Å²) in [4.78, 5) is 10.3. The molecule has 1 aromatic heterocycles. The van der Waals surface area contributed by atoms with E-state index in [4.69, 9.17) is 5.73 Å². The van der Waals surface area contributed by atoms with Crippen molar-refractivity contribution in [2.45, 2.75) is 6.42 Å².